The van der Waals surface area contributed by atoms with Crippen LogP contribution >= 0.6 is 0 Å². The molecule has 0 aromatic rings. The summed E-state index contributed by atoms with van der Waals surface area (Å²) in [5.41, 5.74) is 0. The van der Waals surface area contributed by atoms with Gasteiger partial charge < -0.3 is 29.6 Å². The molecule has 1 saturated heterocycles. The van der Waals surface area contributed by atoms with Crippen LogP contribution in [-0.4, -0.2) is 72.4 Å². The molecule has 1 saturated carbocycles. The molecule has 1 aliphatic heterocycles. The second-order valence-corrected chi connectivity index (χ2v) is 9.42. The van der Waals surface area contributed by atoms with Gasteiger partial charge in [0.25, 0.3) is 0 Å². The number of aliphatic hydroxyl groups is 2. The van der Waals surface area contributed by atoms with E-state index in [4.69, 9.17) is 9.47 Å². The van der Waals surface area contributed by atoms with E-state index in [0.717, 1.165) is 19.3 Å². The Morgan fingerprint density at radius 3 is 2.47 bits per heavy atom. The predicted molar refractivity (Wildman–Crippen MR) is 100 cm³/mol. The average Bonchev–Trinajstić information content (AvgIpc) is 2.59. The van der Waals surface area contributed by atoms with Crippen molar-refractivity contribution in [2.45, 2.75) is 83.7 Å². The molecule has 8 atom stereocenters. The van der Waals surface area contributed by atoms with Crippen molar-refractivity contribution in [1.29, 1.82) is 0 Å². The molecular formula is C18H32NNaO9S. The van der Waals surface area contributed by atoms with Crippen molar-refractivity contribution >= 4 is 16.3 Å². The normalized spacial score (nSPS) is 37.5. The Labute approximate surface area is 200 Å². The summed E-state index contributed by atoms with van der Waals surface area (Å²) in [6.07, 6.45) is -3.17. The van der Waals surface area contributed by atoms with Crippen molar-refractivity contribution in [2.75, 3.05) is 6.61 Å². The molecule has 2 aliphatic rings. The van der Waals surface area contributed by atoms with Crippen LogP contribution in [0, 0.1) is 17.8 Å². The molecule has 0 aromatic carbocycles. The number of aliphatic hydroxyl groups excluding tert-OH is 2. The molecule has 1 amide bonds. The third-order valence-electron chi connectivity index (χ3n) is 5.72. The Balaban J connectivity index is 0.00000450. The fourth-order valence-corrected chi connectivity index (χ4v) is 4.78. The predicted octanol–water partition coefficient (Wildman–Crippen LogP) is -3.10. The first-order chi connectivity index (χ1) is 13.4. The van der Waals surface area contributed by atoms with E-state index in [1.165, 1.54) is 6.92 Å². The molecule has 12 heteroatoms. The smallest absolute Gasteiger partial charge is 0.726 e. The first-order valence-corrected chi connectivity index (χ1v) is 11.3. The third kappa shape index (κ3) is 7.65. The summed E-state index contributed by atoms with van der Waals surface area (Å²) < 4.78 is 49.4. The molecule has 0 spiro atoms. The minimum absolute atomic E-state index is 0. The van der Waals surface area contributed by atoms with Gasteiger partial charge in [-0.05, 0) is 30.6 Å². The molecule has 0 bridgehead atoms. The van der Waals surface area contributed by atoms with Gasteiger partial charge in [-0.15, -0.1) is 0 Å². The Kier molecular flexibility index (Phi) is 11.2. The third-order valence-corrected chi connectivity index (χ3v) is 6.18. The number of carbonyl (C=O) groups is 1. The molecular weight excluding hydrogens is 429 g/mol. The molecule has 30 heavy (non-hydrogen) atoms. The number of hydrogen-bond donors (Lipinski definition) is 3. The van der Waals surface area contributed by atoms with Crippen LogP contribution in [-0.2, 0) is 28.9 Å². The first kappa shape index (κ1) is 28.2. The van der Waals surface area contributed by atoms with Gasteiger partial charge in [0.15, 0.2) is 6.29 Å². The van der Waals surface area contributed by atoms with Crippen LogP contribution in [0.4, 0.5) is 0 Å². The van der Waals surface area contributed by atoms with Crippen molar-refractivity contribution in [3.63, 3.8) is 0 Å². The maximum absolute atomic E-state index is 11.7. The van der Waals surface area contributed by atoms with Crippen LogP contribution in [0.2, 0.25) is 0 Å². The van der Waals surface area contributed by atoms with Gasteiger partial charge in [-0.2, -0.15) is 0 Å². The molecule has 10 nitrogen and oxygen atoms in total. The minimum atomic E-state index is -5.18. The van der Waals surface area contributed by atoms with Gasteiger partial charge in [0.05, 0.1) is 12.7 Å². The van der Waals surface area contributed by atoms with Gasteiger partial charge in [0, 0.05) is 6.92 Å². The molecule has 1 heterocycles. The van der Waals surface area contributed by atoms with Crippen molar-refractivity contribution in [3.05, 3.63) is 0 Å². The van der Waals surface area contributed by atoms with E-state index in [1.807, 2.05) is 0 Å². The van der Waals surface area contributed by atoms with E-state index >= 15 is 0 Å². The fourth-order valence-electron chi connectivity index (χ4n) is 4.27. The average molecular weight is 462 g/mol. The molecule has 1 aliphatic carbocycles. The minimum Gasteiger partial charge on any atom is -0.726 e. The first-order valence-electron chi connectivity index (χ1n) is 9.94. The van der Waals surface area contributed by atoms with Crippen LogP contribution in [0.15, 0.2) is 0 Å². The summed E-state index contributed by atoms with van der Waals surface area (Å²) >= 11 is 0. The van der Waals surface area contributed by atoms with Crippen LogP contribution in [0.5, 0.6) is 0 Å². The van der Waals surface area contributed by atoms with Crippen molar-refractivity contribution < 1.29 is 71.2 Å². The second kappa shape index (κ2) is 11.9. The van der Waals surface area contributed by atoms with E-state index in [-0.39, 0.29) is 41.6 Å². The molecule has 0 unspecified atom stereocenters. The monoisotopic (exact) mass is 461 g/mol. The Bertz CT molecular complexity index is 662. The zero-order chi connectivity index (χ0) is 21.9. The molecule has 2 fully saturated rings. The topological polar surface area (TPSA) is 154 Å². The van der Waals surface area contributed by atoms with Crippen LogP contribution < -0.4 is 34.9 Å². The number of nitrogens with one attached hydrogen (secondary N) is 1. The Morgan fingerprint density at radius 2 is 1.97 bits per heavy atom. The second-order valence-electron chi connectivity index (χ2n) is 8.41. The van der Waals surface area contributed by atoms with Gasteiger partial charge in [0.1, 0.15) is 24.4 Å². The van der Waals surface area contributed by atoms with E-state index in [2.05, 4.69) is 30.3 Å². The number of amides is 1. The van der Waals surface area contributed by atoms with Crippen LogP contribution in [0.25, 0.3) is 0 Å². The van der Waals surface area contributed by atoms with E-state index in [0.29, 0.717) is 11.8 Å². The number of ether oxygens (including phenoxy) is 2. The summed E-state index contributed by atoms with van der Waals surface area (Å²) in [6, 6.07) is -1.17. The summed E-state index contributed by atoms with van der Waals surface area (Å²) in [4.78, 5) is 11.7. The number of rotatable bonds is 7. The molecule has 0 aromatic heterocycles. The molecule has 2 rings (SSSR count). The number of hydrogen-bond acceptors (Lipinski definition) is 9. The van der Waals surface area contributed by atoms with Gasteiger partial charge in [-0.1, -0.05) is 27.2 Å². The number of carbonyl (C=O) groups excluding carboxylic acids is 1. The fraction of sp³-hybridized carbons (Fsp3) is 0.944. The van der Waals surface area contributed by atoms with Crippen molar-refractivity contribution in [3.8, 4) is 0 Å². The van der Waals surface area contributed by atoms with Gasteiger partial charge in [-0.25, -0.2) is 8.42 Å². The summed E-state index contributed by atoms with van der Waals surface area (Å²) in [7, 11) is -5.18. The Hall–Kier alpha value is 0.180. The molecule has 0 radical (unpaired) electrons. The summed E-state index contributed by atoms with van der Waals surface area (Å²) in [5, 5.41) is 22.7. The van der Waals surface area contributed by atoms with E-state index in [1.54, 1.807) is 0 Å². The maximum Gasteiger partial charge on any atom is 1.00 e. The standard InChI is InChI=1S/C18H33NO9S.Na/c1-9(2)12-6-5-10(3)7-13(12)26-18-15(19-11(4)21)16(22)17(14(8-20)27-18)28-29(23,24)25;/h9-10,12-18,20,22H,5-8H2,1-4H3,(H,19,21)(H,23,24,25);/q;+1/p-1/t10-,12+,13-,14-,15-,16-,17+,18-;/m1./s1. The van der Waals surface area contributed by atoms with Gasteiger partial charge in [-0.3, -0.25) is 8.98 Å². The largest absolute Gasteiger partial charge is 1.00 e. The van der Waals surface area contributed by atoms with E-state index < -0.39 is 53.6 Å². The van der Waals surface area contributed by atoms with Gasteiger partial charge in [0.2, 0.25) is 16.3 Å². The summed E-state index contributed by atoms with van der Waals surface area (Å²) in [6.45, 7) is 6.82. The zero-order valence-corrected chi connectivity index (χ0v) is 21.0. The van der Waals surface area contributed by atoms with Crippen molar-refractivity contribution in [1.82, 2.24) is 5.32 Å². The van der Waals surface area contributed by atoms with Gasteiger partial charge >= 0.3 is 29.6 Å². The van der Waals surface area contributed by atoms with Crippen molar-refractivity contribution in [2.24, 2.45) is 17.8 Å². The van der Waals surface area contributed by atoms with Crippen LogP contribution in [0.3, 0.4) is 0 Å². The zero-order valence-electron chi connectivity index (χ0n) is 18.2. The van der Waals surface area contributed by atoms with Crippen LogP contribution in [0.1, 0.15) is 47.0 Å². The summed E-state index contributed by atoms with van der Waals surface area (Å²) in [5.74, 6) is 0.511. The quantitative estimate of drug-likeness (QED) is 0.203. The Morgan fingerprint density at radius 1 is 1.33 bits per heavy atom. The maximum atomic E-state index is 11.7. The molecule has 3 N–H and O–H groups in total. The SMILES string of the molecule is CC(=O)N[C@H]1[C@H](O[C@@H]2C[C@H](C)CC[C@H]2C(C)C)O[C@H](CO)[C@H](OS(=O)(=O)[O-])[C@@H]1O.[Na+]. The van der Waals surface area contributed by atoms with E-state index in [9.17, 15) is 28.0 Å². The molecule has 170 valence electrons.